The fourth-order valence-corrected chi connectivity index (χ4v) is 3.80. The monoisotopic (exact) mass is 301 g/mol. The van der Waals surface area contributed by atoms with Crippen LogP contribution in [-0.2, 0) is 9.84 Å². The fraction of sp³-hybridized carbons (Fsp3) is 0.125. The molecule has 0 saturated heterocycles. The number of sulfone groups is 1. The van der Waals surface area contributed by atoms with E-state index in [4.69, 9.17) is 4.42 Å². The predicted octanol–water partition coefficient (Wildman–Crippen LogP) is 3.33. The van der Waals surface area contributed by atoms with E-state index in [1.165, 1.54) is 12.3 Å². The second-order valence-corrected chi connectivity index (χ2v) is 6.81. The van der Waals surface area contributed by atoms with Gasteiger partial charge in [-0.25, -0.2) is 8.42 Å². The third-order valence-corrected chi connectivity index (χ3v) is 5.09. The van der Waals surface area contributed by atoms with Crippen LogP contribution >= 0.6 is 0 Å². The number of nitrogens with zero attached hydrogens (tertiary/aromatic N) is 1. The molecule has 108 valence electrons. The SMILES string of the molecule is CN(C)c1cccc2c(S(=O)(=O)c3ccco3)cccc12. The second-order valence-electron chi connectivity index (χ2n) is 4.96. The predicted molar refractivity (Wildman–Crippen MR) is 82.4 cm³/mol. The zero-order chi connectivity index (χ0) is 15.0. The van der Waals surface area contributed by atoms with Gasteiger partial charge in [0, 0.05) is 30.6 Å². The average Bonchev–Trinajstić information content (AvgIpc) is 3.00. The van der Waals surface area contributed by atoms with E-state index >= 15 is 0 Å². The Morgan fingerprint density at radius 2 is 1.62 bits per heavy atom. The van der Waals surface area contributed by atoms with E-state index in [0.29, 0.717) is 5.39 Å². The lowest BCUT2D eigenvalue weighted by atomic mass is 10.1. The number of rotatable bonds is 3. The fourth-order valence-electron chi connectivity index (χ4n) is 2.41. The smallest absolute Gasteiger partial charge is 0.240 e. The van der Waals surface area contributed by atoms with E-state index in [2.05, 4.69) is 0 Å². The van der Waals surface area contributed by atoms with E-state index in [1.54, 1.807) is 18.2 Å². The standard InChI is InChI=1S/C16H15NO3S/c1-17(2)14-8-3-7-13-12(14)6-4-9-15(13)21(18,19)16-10-5-11-20-16/h3-11H,1-2H3. The van der Waals surface area contributed by atoms with Crippen molar-refractivity contribution in [1.82, 2.24) is 0 Å². The number of hydrogen-bond acceptors (Lipinski definition) is 4. The number of anilines is 1. The van der Waals surface area contributed by atoms with E-state index < -0.39 is 9.84 Å². The summed E-state index contributed by atoms with van der Waals surface area (Å²) in [5, 5.41) is 1.56. The minimum Gasteiger partial charge on any atom is -0.453 e. The molecule has 0 aliphatic carbocycles. The normalized spacial score (nSPS) is 11.7. The van der Waals surface area contributed by atoms with Crippen molar-refractivity contribution in [3.63, 3.8) is 0 Å². The topological polar surface area (TPSA) is 50.5 Å². The summed E-state index contributed by atoms with van der Waals surface area (Å²) < 4.78 is 30.4. The summed E-state index contributed by atoms with van der Waals surface area (Å²) in [5.41, 5.74) is 0.976. The van der Waals surface area contributed by atoms with Crippen LogP contribution < -0.4 is 4.90 Å². The highest BCUT2D eigenvalue weighted by atomic mass is 32.2. The van der Waals surface area contributed by atoms with Gasteiger partial charge in [-0.1, -0.05) is 24.3 Å². The molecule has 0 aliphatic heterocycles. The van der Waals surface area contributed by atoms with E-state index in [-0.39, 0.29) is 9.99 Å². The zero-order valence-corrected chi connectivity index (χ0v) is 12.6. The van der Waals surface area contributed by atoms with Crippen molar-refractivity contribution in [3.05, 3.63) is 54.8 Å². The van der Waals surface area contributed by atoms with Gasteiger partial charge in [0.25, 0.3) is 0 Å². The van der Waals surface area contributed by atoms with E-state index in [0.717, 1.165) is 11.1 Å². The number of hydrogen-bond donors (Lipinski definition) is 0. The summed E-state index contributed by atoms with van der Waals surface area (Å²) in [7, 11) is 0.216. The zero-order valence-electron chi connectivity index (χ0n) is 11.8. The first-order valence-corrected chi connectivity index (χ1v) is 7.98. The Morgan fingerprint density at radius 3 is 2.29 bits per heavy atom. The number of fused-ring (bicyclic) bond motifs is 1. The van der Waals surface area contributed by atoms with Gasteiger partial charge < -0.3 is 9.32 Å². The lowest BCUT2D eigenvalue weighted by Crippen LogP contribution is -2.09. The van der Waals surface area contributed by atoms with Crippen LogP contribution in [0.4, 0.5) is 5.69 Å². The van der Waals surface area contributed by atoms with Crippen LogP contribution in [0.2, 0.25) is 0 Å². The minimum atomic E-state index is -3.65. The van der Waals surface area contributed by atoms with Crippen LogP contribution in [0.15, 0.2) is 69.2 Å². The molecule has 0 aliphatic rings. The van der Waals surface area contributed by atoms with Gasteiger partial charge in [-0.3, -0.25) is 0 Å². The summed E-state index contributed by atoms with van der Waals surface area (Å²) in [5.74, 6) is 0. The van der Waals surface area contributed by atoms with Gasteiger partial charge in [-0.05, 0) is 24.3 Å². The van der Waals surface area contributed by atoms with Crippen LogP contribution in [0.25, 0.3) is 10.8 Å². The molecule has 2 aromatic carbocycles. The van der Waals surface area contributed by atoms with Gasteiger partial charge in [0.2, 0.25) is 14.9 Å². The van der Waals surface area contributed by atoms with Crippen molar-refractivity contribution in [3.8, 4) is 0 Å². The highest BCUT2D eigenvalue weighted by molar-refractivity contribution is 7.91. The molecule has 0 N–H and O–H groups in total. The molecule has 4 nitrogen and oxygen atoms in total. The molecule has 0 radical (unpaired) electrons. The molecule has 0 atom stereocenters. The van der Waals surface area contributed by atoms with Gasteiger partial charge in [0.05, 0.1) is 11.2 Å². The Hall–Kier alpha value is -2.27. The van der Waals surface area contributed by atoms with Gasteiger partial charge in [0.15, 0.2) is 0 Å². The molecular weight excluding hydrogens is 286 g/mol. The molecule has 0 fully saturated rings. The first-order chi connectivity index (χ1) is 10.0. The first-order valence-electron chi connectivity index (χ1n) is 6.49. The summed E-state index contributed by atoms with van der Waals surface area (Å²) in [6, 6.07) is 14.0. The largest absolute Gasteiger partial charge is 0.453 e. The van der Waals surface area contributed by atoms with Crippen molar-refractivity contribution in [2.24, 2.45) is 0 Å². The average molecular weight is 301 g/mol. The molecule has 0 spiro atoms. The number of benzene rings is 2. The molecule has 0 unspecified atom stereocenters. The van der Waals surface area contributed by atoms with Crippen molar-refractivity contribution in [1.29, 1.82) is 0 Å². The molecule has 21 heavy (non-hydrogen) atoms. The van der Waals surface area contributed by atoms with Crippen LogP contribution in [0.1, 0.15) is 0 Å². The van der Waals surface area contributed by atoms with Crippen molar-refractivity contribution < 1.29 is 12.8 Å². The Bertz CT molecular complexity index is 881. The Labute approximate surface area is 123 Å². The summed E-state index contributed by atoms with van der Waals surface area (Å²) >= 11 is 0. The van der Waals surface area contributed by atoms with Crippen LogP contribution in [0, 0.1) is 0 Å². The van der Waals surface area contributed by atoms with Gasteiger partial charge >= 0.3 is 0 Å². The first kappa shape index (κ1) is 13.7. The van der Waals surface area contributed by atoms with Gasteiger partial charge in [0.1, 0.15) is 0 Å². The molecular formula is C16H15NO3S. The lowest BCUT2D eigenvalue weighted by molar-refractivity contribution is 0.450. The Morgan fingerprint density at radius 1 is 0.905 bits per heavy atom. The van der Waals surface area contributed by atoms with Crippen LogP contribution in [0.3, 0.4) is 0 Å². The maximum Gasteiger partial charge on any atom is 0.240 e. The molecule has 3 rings (SSSR count). The number of furan rings is 1. The molecule has 1 aromatic heterocycles. The Balaban J connectivity index is 2.33. The summed E-state index contributed by atoms with van der Waals surface area (Å²) in [4.78, 5) is 2.23. The highest BCUT2D eigenvalue weighted by Gasteiger charge is 2.23. The maximum atomic E-state index is 12.7. The van der Waals surface area contributed by atoms with Gasteiger partial charge in [-0.15, -0.1) is 0 Å². The third kappa shape index (κ3) is 2.19. The van der Waals surface area contributed by atoms with E-state index in [9.17, 15) is 8.42 Å². The molecule has 3 aromatic rings. The molecule has 0 saturated carbocycles. The highest BCUT2D eigenvalue weighted by Crippen LogP contribution is 2.32. The van der Waals surface area contributed by atoms with Crippen molar-refractivity contribution in [2.75, 3.05) is 19.0 Å². The van der Waals surface area contributed by atoms with Gasteiger partial charge in [-0.2, -0.15) is 0 Å². The van der Waals surface area contributed by atoms with Crippen molar-refractivity contribution in [2.45, 2.75) is 9.99 Å². The third-order valence-electron chi connectivity index (χ3n) is 3.39. The second kappa shape index (κ2) is 4.93. The molecule has 0 bridgehead atoms. The molecule has 5 heteroatoms. The maximum absolute atomic E-state index is 12.7. The van der Waals surface area contributed by atoms with Crippen molar-refractivity contribution >= 4 is 26.3 Å². The van der Waals surface area contributed by atoms with Crippen LogP contribution in [0.5, 0.6) is 0 Å². The van der Waals surface area contributed by atoms with Crippen LogP contribution in [-0.4, -0.2) is 22.5 Å². The Kier molecular flexibility index (Phi) is 3.22. The molecule has 1 heterocycles. The summed E-state index contributed by atoms with van der Waals surface area (Å²) in [6.07, 6.45) is 1.36. The lowest BCUT2D eigenvalue weighted by Gasteiger charge is -2.16. The molecule has 0 amide bonds. The minimum absolute atomic E-state index is 0.0368. The summed E-state index contributed by atoms with van der Waals surface area (Å²) in [6.45, 7) is 0. The quantitative estimate of drug-likeness (QED) is 0.744. The van der Waals surface area contributed by atoms with E-state index in [1.807, 2.05) is 43.3 Å².